The molecule has 0 spiro atoms. The zero-order valence-electron chi connectivity index (χ0n) is 35.8. The van der Waals surface area contributed by atoms with E-state index in [1.54, 1.807) is 30.3 Å². The maximum atomic E-state index is 14.2. The zero-order valence-corrected chi connectivity index (χ0v) is 35.8. The third-order valence-electron chi connectivity index (χ3n) is 9.04. The quantitative estimate of drug-likeness (QED) is 0.0222. The van der Waals surface area contributed by atoms with Gasteiger partial charge in [0.1, 0.15) is 30.2 Å². The molecule has 342 valence electrons. The summed E-state index contributed by atoms with van der Waals surface area (Å²) in [5.41, 5.74) is 39.2. The van der Waals surface area contributed by atoms with Crippen LogP contribution in [0, 0.1) is 11.8 Å². The van der Waals surface area contributed by atoms with Crippen molar-refractivity contribution in [1.29, 1.82) is 0 Å². The molecule has 6 atom stereocenters. The zero-order chi connectivity index (χ0) is 46.1. The minimum atomic E-state index is -1.30. The molecule has 1 rings (SSSR count). The Kier molecular flexibility index (Phi) is 24.5. The SMILES string of the molecule is CC(C)C[C@H](NC(=O)[C@H](Cc1ccccc1)NC(=O)[C@H](CCCN=C(N)N)NC(=O)[C@H](CC(C)C)NC(=O)[C@@H](N)CCCN=C(N)N)C(=O)N[C@@H](CCCN=C(N)N)C(=O)O. The summed E-state index contributed by atoms with van der Waals surface area (Å²) < 4.78 is 0. The number of nitrogens with zero attached hydrogens (tertiary/aromatic N) is 3. The van der Waals surface area contributed by atoms with Gasteiger partial charge in [-0.1, -0.05) is 58.0 Å². The Morgan fingerprint density at radius 2 is 0.885 bits per heavy atom. The first-order valence-corrected chi connectivity index (χ1v) is 20.4. The van der Waals surface area contributed by atoms with Crippen molar-refractivity contribution in [1.82, 2.24) is 26.6 Å². The first-order chi connectivity index (χ1) is 28.7. The first kappa shape index (κ1) is 52.8. The van der Waals surface area contributed by atoms with Crippen LogP contribution in [-0.2, 0) is 35.2 Å². The molecular formula is C39H69N15O7. The van der Waals surface area contributed by atoms with Crippen LogP contribution >= 0.6 is 0 Å². The molecule has 22 nitrogen and oxygen atoms in total. The monoisotopic (exact) mass is 860 g/mol. The molecule has 0 unspecified atom stereocenters. The highest BCUT2D eigenvalue weighted by Gasteiger charge is 2.33. The summed E-state index contributed by atoms with van der Waals surface area (Å²) in [5.74, 6) is -5.33. The van der Waals surface area contributed by atoms with Gasteiger partial charge in [0.2, 0.25) is 29.5 Å². The smallest absolute Gasteiger partial charge is 0.326 e. The van der Waals surface area contributed by atoms with Crippen molar-refractivity contribution >= 4 is 53.4 Å². The van der Waals surface area contributed by atoms with Gasteiger partial charge in [0, 0.05) is 26.1 Å². The number of hydrogen-bond acceptors (Lipinski definition) is 10. The lowest BCUT2D eigenvalue weighted by atomic mass is 9.99. The van der Waals surface area contributed by atoms with Crippen molar-refractivity contribution < 1.29 is 33.9 Å². The Hall–Kier alpha value is -6.19. The van der Waals surface area contributed by atoms with Crippen molar-refractivity contribution in [2.45, 2.75) is 122 Å². The van der Waals surface area contributed by atoms with Gasteiger partial charge in [-0.3, -0.25) is 38.9 Å². The molecular weight excluding hydrogens is 791 g/mol. The normalized spacial score (nSPS) is 13.9. The van der Waals surface area contributed by atoms with Gasteiger partial charge in [-0.2, -0.15) is 0 Å². The number of guanidine groups is 3. The highest BCUT2D eigenvalue weighted by Crippen LogP contribution is 2.12. The summed E-state index contributed by atoms with van der Waals surface area (Å²) in [4.78, 5) is 92.6. The van der Waals surface area contributed by atoms with Crippen molar-refractivity contribution in [2.75, 3.05) is 19.6 Å². The van der Waals surface area contributed by atoms with E-state index in [1.165, 1.54) is 0 Å². The maximum Gasteiger partial charge on any atom is 0.326 e. The number of benzene rings is 1. The number of nitrogens with two attached hydrogens (primary N) is 7. The van der Waals surface area contributed by atoms with Crippen molar-refractivity contribution in [3.63, 3.8) is 0 Å². The highest BCUT2D eigenvalue weighted by molar-refractivity contribution is 5.96. The van der Waals surface area contributed by atoms with Crippen LogP contribution in [0.3, 0.4) is 0 Å². The third kappa shape index (κ3) is 23.3. The molecule has 0 aliphatic rings. The van der Waals surface area contributed by atoms with Crippen LogP contribution in [0.4, 0.5) is 0 Å². The van der Waals surface area contributed by atoms with Crippen LogP contribution < -0.4 is 66.7 Å². The third-order valence-corrected chi connectivity index (χ3v) is 9.04. The number of aliphatic imine (C=N–C) groups is 3. The Morgan fingerprint density at radius 1 is 0.525 bits per heavy atom. The number of carbonyl (C=O) groups excluding carboxylic acids is 5. The van der Waals surface area contributed by atoms with Gasteiger partial charge in [-0.15, -0.1) is 0 Å². The first-order valence-electron chi connectivity index (χ1n) is 20.4. The summed E-state index contributed by atoms with van der Waals surface area (Å²) in [6.07, 6.45) is 1.51. The number of rotatable bonds is 29. The minimum Gasteiger partial charge on any atom is -0.480 e. The Labute approximate surface area is 357 Å². The minimum absolute atomic E-state index is 0.0123. The van der Waals surface area contributed by atoms with Crippen LogP contribution in [0.2, 0.25) is 0 Å². The molecule has 0 saturated carbocycles. The molecule has 61 heavy (non-hydrogen) atoms. The fourth-order valence-corrected chi connectivity index (χ4v) is 6.02. The Balaban J connectivity index is 3.42. The molecule has 0 aliphatic heterocycles. The van der Waals surface area contributed by atoms with Gasteiger partial charge >= 0.3 is 5.97 Å². The molecule has 20 N–H and O–H groups in total. The topological polar surface area (TPSA) is 402 Å². The summed E-state index contributed by atoms with van der Waals surface area (Å²) >= 11 is 0. The van der Waals surface area contributed by atoms with E-state index < -0.39 is 71.8 Å². The average Bonchev–Trinajstić information content (AvgIpc) is 3.17. The largest absolute Gasteiger partial charge is 0.480 e. The van der Waals surface area contributed by atoms with E-state index in [0.717, 1.165) is 0 Å². The molecule has 0 radical (unpaired) electrons. The van der Waals surface area contributed by atoms with Gasteiger partial charge in [0.05, 0.1) is 6.04 Å². The van der Waals surface area contributed by atoms with Gasteiger partial charge in [0.15, 0.2) is 17.9 Å². The number of amides is 5. The maximum absolute atomic E-state index is 14.2. The predicted octanol–water partition coefficient (Wildman–Crippen LogP) is -2.68. The Bertz CT molecular complexity index is 1640. The summed E-state index contributed by atoms with van der Waals surface area (Å²) in [6, 6.07) is 1.76. The number of hydrogen-bond donors (Lipinski definition) is 13. The van der Waals surface area contributed by atoms with Gasteiger partial charge in [-0.05, 0) is 68.8 Å². The molecule has 5 amide bonds. The van der Waals surface area contributed by atoms with Crippen molar-refractivity contribution in [2.24, 2.45) is 66.9 Å². The molecule has 0 aromatic heterocycles. The van der Waals surface area contributed by atoms with E-state index in [1.807, 2.05) is 27.7 Å². The molecule has 0 bridgehead atoms. The van der Waals surface area contributed by atoms with Crippen molar-refractivity contribution in [3.05, 3.63) is 35.9 Å². The summed E-state index contributed by atoms with van der Waals surface area (Å²) in [6.45, 7) is 7.90. The second-order valence-electron chi connectivity index (χ2n) is 15.5. The van der Waals surface area contributed by atoms with Gasteiger partial charge in [0.25, 0.3) is 0 Å². The predicted molar refractivity (Wildman–Crippen MR) is 234 cm³/mol. The Morgan fingerprint density at radius 3 is 1.33 bits per heavy atom. The van der Waals surface area contributed by atoms with Crippen LogP contribution in [0.25, 0.3) is 0 Å². The lowest BCUT2D eigenvalue weighted by Gasteiger charge is -2.28. The van der Waals surface area contributed by atoms with Gasteiger partial charge in [-0.25, -0.2) is 4.79 Å². The van der Waals surface area contributed by atoms with Gasteiger partial charge < -0.3 is 71.8 Å². The van der Waals surface area contributed by atoms with Crippen LogP contribution in [0.5, 0.6) is 0 Å². The molecule has 0 aliphatic carbocycles. The molecule has 0 heterocycles. The van der Waals surface area contributed by atoms with Crippen LogP contribution in [0.15, 0.2) is 45.3 Å². The molecule has 22 heteroatoms. The van der Waals surface area contributed by atoms with E-state index in [2.05, 4.69) is 41.6 Å². The number of aliphatic carboxylic acids is 1. The van der Waals surface area contributed by atoms with E-state index in [-0.39, 0.29) is 101 Å². The second kappa shape index (κ2) is 28.3. The summed E-state index contributed by atoms with van der Waals surface area (Å²) in [5, 5.41) is 23.2. The highest BCUT2D eigenvalue weighted by atomic mass is 16.4. The van der Waals surface area contributed by atoms with E-state index in [9.17, 15) is 33.9 Å². The van der Waals surface area contributed by atoms with E-state index in [0.29, 0.717) is 12.0 Å². The molecule has 0 saturated heterocycles. The number of carbonyl (C=O) groups is 6. The standard InChI is InChI=1S/C39H69N15O7/c1-22(2)19-28(52-31(55)25(40)13-8-16-47-37(41)42)33(57)50-26(14-9-17-48-38(43)44)32(56)54-30(21-24-11-6-5-7-12-24)35(59)53-29(20-23(3)4)34(58)51-27(36(60)61)15-10-18-49-39(45)46/h5-7,11-12,22-23,25-30H,8-10,13-21,40H2,1-4H3,(H,50,57)(H,51,58)(H,52,55)(H,53,59)(H,54,56)(H,60,61)(H4,41,42,47)(H4,43,44,48)(H4,45,46,49)/t25-,26-,27-,28-,29-,30-/m0/s1. The fraction of sp³-hybridized carbons (Fsp3) is 0.615. The second-order valence-corrected chi connectivity index (χ2v) is 15.5. The summed E-state index contributed by atoms with van der Waals surface area (Å²) in [7, 11) is 0. The van der Waals surface area contributed by atoms with E-state index in [4.69, 9.17) is 40.1 Å². The lowest BCUT2D eigenvalue weighted by molar-refractivity contribution is -0.142. The molecule has 1 aromatic rings. The fourth-order valence-electron chi connectivity index (χ4n) is 6.02. The number of carboxylic acid groups (broad SMARTS) is 1. The number of nitrogens with one attached hydrogen (secondary N) is 5. The number of carboxylic acids is 1. The van der Waals surface area contributed by atoms with E-state index >= 15 is 0 Å². The lowest BCUT2D eigenvalue weighted by Crippen LogP contribution is -2.60. The van der Waals surface area contributed by atoms with Crippen molar-refractivity contribution in [3.8, 4) is 0 Å². The average molecular weight is 860 g/mol. The van der Waals surface area contributed by atoms with Crippen LogP contribution in [-0.4, -0.2) is 114 Å². The molecule has 1 aromatic carbocycles. The van der Waals surface area contributed by atoms with Crippen LogP contribution in [0.1, 0.15) is 84.6 Å². The molecule has 0 fully saturated rings.